The minimum Gasteiger partial charge on any atom is -0.435 e. The van der Waals surface area contributed by atoms with Gasteiger partial charge < -0.3 is 9.84 Å². The molecule has 0 radical (unpaired) electrons. The number of alkyl halides is 2. The molecule has 0 aliphatic rings. The number of hydrogen-bond donors (Lipinski definition) is 1. The fraction of sp³-hybridized carbons (Fsp3) is 0.125. The fourth-order valence-corrected chi connectivity index (χ4v) is 1.80. The Morgan fingerprint density at radius 2 is 1.83 bits per heavy atom. The van der Waals surface area contributed by atoms with Gasteiger partial charge in [0, 0.05) is 11.6 Å². The number of aliphatic hydroxyl groups is 1. The summed E-state index contributed by atoms with van der Waals surface area (Å²) in [5.74, 6) is 3.82. The van der Waals surface area contributed by atoms with Gasteiger partial charge in [-0.25, -0.2) is 0 Å². The van der Waals surface area contributed by atoms with Gasteiger partial charge in [0.25, 0.3) is 0 Å². The standard InChI is InChI=1S/C16H10F3NO4/c17-13-9-10(1-7-14(13)20(22)23)2-8-15(21)11-3-5-12(6-4-11)24-16(18)19/h1,3-7,9,15-16,21H. The average Bonchev–Trinajstić information content (AvgIpc) is 2.52. The summed E-state index contributed by atoms with van der Waals surface area (Å²) in [6.45, 7) is -2.95. The van der Waals surface area contributed by atoms with E-state index in [-0.39, 0.29) is 11.3 Å². The lowest BCUT2D eigenvalue weighted by Gasteiger charge is -2.07. The van der Waals surface area contributed by atoms with Gasteiger partial charge in [0.05, 0.1) is 4.92 Å². The van der Waals surface area contributed by atoms with E-state index in [9.17, 15) is 28.4 Å². The highest BCUT2D eigenvalue weighted by Crippen LogP contribution is 2.20. The van der Waals surface area contributed by atoms with Gasteiger partial charge in [-0.15, -0.1) is 0 Å². The van der Waals surface area contributed by atoms with E-state index in [0.717, 1.165) is 12.1 Å². The van der Waals surface area contributed by atoms with Gasteiger partial charge in [-0.05, 0) is 29.8 Å². The highest BCUT2D eigenvalue weighted by Gasteiger charge is 2.13. The number of benzene rings is 2. The van der Waals surface area contributed by atoms with E-state index in [1.807, 2.05) is 0 Å². The Hall–Kier alpha value is -3.05. The SMILES string of the molecule is O=[N+]([O-])c1ccc(C#CC(O)c2ccc(OC(F)F)cc2)cc1F. The smallest absolute Gasteiger partial charge is 0.387 e. The first-order valence-corrected chi connectivity index (χ1v) is 6.55. The summed E-state index contributed by atoms with van der Waals surface area (Å²) in [7, 11) is 0. The topological polar surface area (TPSA) is 72.6 Å². The zero-order chi connectivity index (χ0) is 17.7. The normalized spacial score (nSPS) is 11.5. The van der Waals surface area contributed by atoms with E-state index in [0.29, 0.717) is 5.56 Å². The van der Waals surface area contributed by atoms with Gasteiger partial charge >= 0.3 is 12.3 Å². The molecule has 0 spiro atoms. The number of nitro groups is 1. The van der Waals surface area contributed by atoms with Crippen LogP contribution in [0.4, 0.5) is 18.9 Å². The van der Waals surface area contributed by atoms with Crippen molar-refractivity contribution in [2.45, 2.75) is 12.7 Å². The predicted octanol–water partition coefficient (Wildman–Crippen LogP) is 3.42. The van der Waals surface area contributed by atoms with Crippen molar-refractivity contribution in [2.75, 3.05) is 0 Å². The van der Waals surface area contributed by atoms with Crippen LogP contribution in [0.2, 0.25) is 0 Å². The van der Waals surface area contributed by atoms with Crippen LogP contribution in [-0.2, 0) is 0 Å². The number of aliphatic hydroxyl groups excluding tert-OH is 1. The molecule has 2 rings (SSSR count). The van der Waals surface area contributed by atoms with Crippen LogP contribution >= 0.6 is 0 Å². The van der Waals surface area contributed by atoms with Crippen LogP contribution in [0.3, 0.4) is 0 Å². The second-order valence-electron chi connectivity index (χ2n) is 4.54. The molecular weight excluding hydrogens is 327 g/mol. The molecule has 1 N–H and O–H groups in total. The highest BCUT2D eigenvalue weighted by atomic mass is 19.3. The summed E-state index contributed by atoms with van der Waals surface area (Å²) in [5, 5.41) is 20.4. The van der Waals surface area contributed by atoms with Gasteiger partial charge in [-0.2, -0.15) is 13.2 Å². The quantitative estimate of drug-likeness (QED) is 0.527. The zero-order valence-corrected chi connectivity index (χ0v) is 11.9. The van der Waals surface area contributed by atoms with E-state index in [2.05, 4.69) is 16.6 Å². The molecule has 0 saturated heterocycles. The van der Waals surface area contributed by atoms with Crippen molar-refractivity contribution in [3.8, 4) is 17.6 Å². The van der Waals surface area contributed by atoms with Gasteiger partial charge in [-0.1, -0.05) is 24.0 Å². The van der Waals surface area contributed by atoms with Crippen molar-refractivity contribution in [1.29, 1.82) is 0 Å². The van der Waals surface area contributed by atoms with E-state index in [1.165, 1.54) is 30.3 Å². The van der Waals surface area contributed by atoms with E-state index in [4.69, 9.17) is 0 Å². The molecule has 0 amide bonds. The molecule has 0 aromatic heterocycles. The lowest BCUT2D eigenvalue weighted by Crippen LogP contribution is -2.02. The minimum absolute atomic E-state index is 0.0636. The van der Waals surface area contributed by atoms with Gasteiger partial charge in [0.1, 0.15) is 11.9 Å². The average molecular weight is 337 g/mol. The molecule has 0 saturated carbocycles. The fourth-order valence-electron chi connectivity index (χ4n) is 1.80. The third kappa shape index (κ3) is 4.47. The lowest BCUT2D eigenvalue weighted by atomic mass is 10.1. The molecular formula is C16H10F3NO4. The number of ether oxygens (including phenoxy) is 1. The lowest BCUT2D eigenvalue weighted by molar-refractivity contribution is -0.387. The highest BCUT2D eigenvalue weighted by molar-refractivity contribution is 5.43. The number of nitrogens with zero attached hydrogens (tertiary/aromatic N) is 1. The van der Waals surface area contributed by atoms with Gasteiger partial charge in [0.2, 0.25) is 5.82 Å². The molecule has 8 heteroatoms. The maximum atomic E-state index is 13.4. The molecule has 0 fully saturated rings. The number of halogens is 3. The van der Waals surface area contributed by atoms with E-state index < -0.39 is 29.1 Å². The summed E-state index contributed by atoms with van der Waals surface area (Å²) < 4.78 is 41.7. The Kier molecular flexibility index (Phi) is 5.39. The van der Waals surface area contributed by atoms with Crippen molar-refractivity contribution in [3.63, 3.8) is 0 Å². The van der Waals surface area contributed by atoms with E-state index in [1.54, 1.807) is 0 Å². The first-order valence-electron chi connectivity index (χ1n) is 6.55. The molecule has 0 aliphatic heterocycles. The van der Waals surface area contributed by atoms with Crippen LogP contribution < -0.4 is 4.74 Å². The second kappa shape index (κ2) is 7.48. The van der Waals surface area contributed by atoms with Crippen LogP contribution in [-0.4, -0.2) is 16.6 Å². The molecule has 24 heavy (non-hydrogen) atoms. The van der Waals surface area contributed by atoms with E-state index >= 15 is 0 Å². The van der Waals surface area contributed by atoms with Crippen molar-refractivity contribution in [2.24, 2.45) is 0 Å². The Morgan fingerprint density at radius 3 is 2.38 bits per heavy atom. The largest absolute Gasteiger partial charge is 0.435 e. The Labute approximate surface area is 134 Å². The van der Waals surface area contributed by atoms with Crippen molar-refractivity contribution >= 4 is 5.69 Å². The van der Waals surface area contributed by atoms with Crippen LogP contribution in [0.25, 0.3) is 0 Å². The maximum Gasteiger partial charge on any atom is 0.387 e. The number of rotatable bonds is 4. The Balaban J connectivity index is 2.12. The summed E-state index contributed by atoms with van der Waals surface area (Å²) in [6, 6.07) is 8.32. The number of nitro benzene ring substituents is 1. The van der Waals surface area contributed by atoms with Crippen LogP contribution in [0.15, 0.2) is 42.5 Å². The molecule has 0 bridgehead atoms. The first-order chi connectivity index (χ1) is 11.4. The third-order valence-corrected chi connectivity index (χ3v) is 2.92. The molecule has 0 heterocycles. The molecule has 0 aliphatic carbocycles. The van der Waals surface area contributed by atoms with Gasteiger partial charge in [0.15, 0.2) is 0 Å². The third-order valence-electron chi connectivity index (χ3n) is 2.92. The van der Waals surface area contributed by atoms with Crippen molar-refractivity contribution < 1.29 is 27.9 Å². The molecule has 2 aromatic carbocycles. The Bertz CT molecular complexity index is 797. The Morgan fingerprint density at radius 1 is 1.17 bits per heavy atom. The monoisotopic (exact) mass is 337 g/mol. The molecule has 124 valence electrons. The molecule has 2 aromatic rings. The van der Waals surface area contributed by atoms with Crippen LogP contribution in [0, 0.1) is 27.8 Å². The van der Waals surface area contributed by atoms with Gasteiger partial charge in [-0.3, -0.25) is 10.1 Å². The summed E-state index contributed by atoms with van der Waals surface area (Å²) in [6.07, 6.45) is -1.25. The molecule has 5 nitrogen and oxygen atoms in total. The predicted molar refractivity (Wildman–Crippen MR) is 78.0 cm³/mol. The molecule has 1 atom stereocenters. The second-order valence-corrected chi connectivity index (χ2v) is 4.54. The number of hydrogen-bond acceptors (Lipinski definition) is 4. The maximum absolute atomic E-state index is 13.4. The summed E-state index contributed by atoms with van der Waals surface area (Å²) in [4.78, 5) is 9.65. The summed E-state index contributed by atoms with van der Waals surface area (Å²) in [5.41, 5.74) is -0.197. The first kappa shape index (κ1) is 17.3. The van der Waals surface area contributed by atoms with Crippen LogP contribution in [0.5, 0.6) is 5.75 Å². The summed E-state index contributed by atoms with van der Waals surface area (Å²) >= 11 is 0. The van der Waals surface area contributed by atoms with Crippen LogP contribution in [0.1, 0.15) is 17.2 Å². The minimum atomic E-state index is -2.95. The van der Waals surface area contributed by atoms with Crippen molar-refractivity contribution in [1.82, 2.24) is 0 Å². The zero-order valence-electron chi connectivity index (χ0n) is 11.9. The molecule has 1 unspecified atom stereocenters. The van der Waals surface area contributed by atoms with Crippen molar-refractivity contribution in [3.05, 3.63) is 69.5 Å².